The third-order valence-electron chi connectivity index (χ3n) is 3.20. The Labute approximate surface area is 123 Å². The molecule has 5 heteroatoms. The fourth-order valence-corrected chi connectivity index (χ4v) is 2.45. The van der Waals surface area contributed by atoms with Crippen molar-refractivity contribution in [2.45, 2.75) is 19.9 Å². The van der Waals surface area contributed by atoms with Crippen molar-refractivity contribution in [2.75, 3.05) is 12.3 Å². The van der Waals surface area contributed by atoms with Gasteiger partial charge < -0.3 is 11.1 Å². The SMILES string of the molecule is CCNC(c1cc(Cl)ccc1F)c1c(C)ccnc1N. The first-order valence-electron chi connectivity index (χ1n) is 6.44. The Hall–Kier alpha value is -1.65. The molecule has 0 saturated heterocycles. The van der Waals surface area contributed by atoms with Crippen molar-refractivity contribution in [1.29, 1.82) is 0 Å². The van der Waals surface area contributed by atoms with Crippen LogP contribution < -0.4 is 11.1 Å². The van der Waals surface area contributed by atoms with Gasteiger partial charge in [0.1, 0.15) is 11.6 Å². The molecule has 1 heterocycles. The second kappa shape index (κ2) is 6.20. The Morgan fingerprint density at radius 1 is 1.40 bits per heavy atom. The lowest BCUT2D eigenvalue weighted by Crippen LogP contribution is -2.25. The van der Waals surface area contributed by atoms with E-state index in [1.54, 1.807) is 12.3 Å². The van der Waals surface area contributed by atoms with E-state index >= 15 is 0 Å². The molecule has 2 aromatic rings. The second-order valence-electron chi connectivity index (χ2n) is 4.58. The van der Waals surface area contributed by atoms with E-state index < -0.39 is 0 Å². The molecule has 0 aliphatic heterocycles. The van der Waals surface area contributed by atoms with Gasteiger partial charge in [-0.1, -0.05) is 18.5 Å². The number of benzene rings is 1. The van der Waals surface area contributed by atoms with Crippen LogP contribution in [0.2, 0.25) is 5.02 Å². The summed E-state index contributed by atoms with van der Waals surface area (Å²) in [4.78, 5) is 4.10. The van der Waals surface area contributed by atoms with E-state index in [1.165, 1.54) is 12.1 Å². The van der Waals surface area contributed by atoms with Gasteiger partial charge in [0.15, 0.2) is 0 Å². The number of aryl methyl sites for hydroxylation is 1. The summed E-state index contributed by atoms with van der Waals surface area (Å²) in [6.07, 6.45) is 1.64. The average Bonchev–Trinajstić information content (AvgIpc) is 2.40. The Kier molecular flexibility index (Phi) is 4.57. The molecule has 1 unspecified atom stereocenters. The summed E-state index contributed by atoms with van der Waals surface area (Å²) in [6, 6.07) is 6.01. The van der Waals surface area contributed by atoms with E-state index in [-0.39, 0.29) is 11.9 Å². The Balaban J connectivity index is 2.59. The first-order valence-corrected chi connectivity index (χ1v) is 6.81. The maximum atomic E-state index is 14.1. The summed E-state index contributed by atoms with van der Waals surface area (Å²) in [5.74, 6) is 0.0818. The standard InChI is InChI=1S/C15H17ClFN3/c1-3-19-14(11-8-10(16)4-5-12(11)17)13-9(2)6-7-20-15(13)18/h4-8,14,19H,3H2,1-2H3,(H2,18,20). The largest absolute Gasteiger partial charge is 0.383 e. The summed E-state index contributed by atoms with van der Waals surface area (Å²) in [6.45, 7) is 4.56. The highest BCUT2D eigenvalue weighted by atomic mass is 35.5. The molecule has 0 bridgehead atoms. The van der Waals surface area contributed by atoms with E-state index in [1.807, 2.05) is 19.9 Å². The Morgan fingerprint density at radius 2 is 2.15 bits per heavy atom. The first-order chi connectivity index (χ1) is 9.54. The zero-order valence-electron chi connectivity index (χ0n) is 11.5. The van der Waals surface area contributed by atoms with E-state index in [0.29, 0.717) is 22.9 Å². The molecule has 0 spiro atoms. The first kappa shape index (κ1) is 14.8. The van der Waals surface area contributed by atoms with Gasteiger partial charge in [-0.25, -0.2) is 9.37 Å². The molecule has 1 aromatic heterocycles. The van der Waals surface area contributed by atoms with Gasteiger partial charge in [0.2, 0.25) is 0 Å². The number of hydrogen-bond acceptors (Lipinski definition) is 3. The van der Waals surface area contributed by atoms with Gasteiger partial charge in [-0.15, -0.1) is 0 Å². The quantitative estimate of drug-likeness (QED) is 0.907. The average molecular weight is 294 g/mol. The predicted octanol–water partition coefficient (Wildman–Crippen LogP) is 3.46. The van der Waals surface area contributed by atoms with Crippen molar-refractivity contribution in [3.05, 3.63) is 58.0 Å². The maximum absolute atomic E-state index is 14.1. The lowest BCUT2D eigenvalue weighted by Gasteiger charge is -2.22. The summed E-state index contributed by atoms with van der Waals surface area (Å²) < 4.78 is 14.1. The van der Waals surface area contributed by atoms with E-state index in [4.69, 9.17) is 17.3 Å². The summed E-state index contributed by atoms with van der Waals surface area (Å²) in [5.41, 5.74) is 8.19. The lowest BCUT2D eigenvalue weighted by molar-refractivity contribution is 0.558. The van der Waals surface area contributed by atoms with Gasteiger partial charge in [-0.2, -0.15) is 0 Å². The summed E-state index contributed by atoms with van der Waals surface area (Å²) in [7, 11) is 0. The number of pyridine rings is 1. The topological polar surface area (TPSA) is 50.9 Å². The number of nitrogen functional groups attached to an aromatic ring is 1. The van der Waals surface area contributed by atoms with Crippen LogP contribution in [0.15, 0.2) is 30.5 Å². The highest BCUT2D eigenvalue weighted by molar-refractivity contribution is 6.30. The normalized spacial score (nSPS) is 12.4. The minimum absolute atomic E-state index is 0.317. The van der Waals surface area contributed by atoms with Crippen molar-refractivity contribution in [3.8, 4) is 0 Å². The van der Waals surface area contributed by atoms with Crippen molar-refractivity contribution >= 4 is 17.4 Å². The molecule has 1 atom stereocenters. The maximum Gasteiger partial charge on any atom is 0.128 e. The molecule has 106 valence electrons. The van der Waals surface area contributed by atoms with E-state index in [2.05, 4.69) is 10.3 Å². The van der Waals surface area contributed by atoms with Crippen molar-refractivity contribution in [3.63, 3.8) is 0 Å². The molecule has 0 aliphatic carbocycles. The zero-order valence-corrected chi connectivity index (χ0v) is 12.2. The Bertz CT molecular complexity index is 596. The van der Waals surface area contributed by atoms with Gasteiger partial charge in [0.25, 0.3) is 0 Å². The minimum atomic E-state index is -0.368. The number of hydrogen-bond donors (Lipinski definition) is 2. The summed E-state index contributed by atoms with van der Waals surface area (Å²) in [5, 5.41) is 3.74. The van der Waals surface area contributed by atoms with Crippen LogP contribution in [0.4, 0.5) is 10.2 Å². The molecule has 1 aromatic carbocycles. The molecule has 3 N–H and O–H groups in total. The van der Waals surface area contributed by atoms with Crippen LogP contribution in [-0.2, 0) is 0 Å². The number of anilines is 1. The van der Waals surface area contributed by atoms with Crippen molar-refractivity contribution < 1.29 is 4.39 Å². The van der Waals surface area contributed by atoms with Gasteiger partial charge in [-0.05, 0) is 43.3 Å². The summed E-state index contributed by atoms with van der Waals surface area (Å²) >= 11 is 5.99. The third kappa shape index (κ3) is 2.92. The van der Waals surface area contributed by atoms with Crippen LogP contribution in [0.3, 0.4) is 0 Å². The lowest BCUT2D eigenvalue weighted by atomic mass is 9.95. The highest BCUT2D eigenvalue weighted by Gasteiger charge is 2.22. The van der Waals surface area contributed by atoms with E-state index in [0.717, 1.165) is 11.1 Å². The minimum Gasteiger partial charge on any atom is -0.383 e. The molecule has 3 nitrogen and oxygen atoms in total. The van der Waals surface area contributed by atoms with Crippen LogP contribution in [0.25, 0.3) is 0 Å². The van der Waals surface area contributed by atoms with Crippen LogP contribution in [0, 0.1) is 12.7 Å². The molecule has 0 amide bonds. The van der Waals surface area contributed by atoms with Crippen LogP contribution in [0.5, 0.6) is 0 Å². The van der Waals surface area contributed by atoms with Crippen molar-refractivity contribution in [1.82, 2.24) is 10.3 Å². The van der Waals surface area contributed by atoms with Gasteiger partial charge in [-0.3, -0.25) is 0 Å². The van der Waals surface area contributed by atoms with Gasteiger partial charge >= 0.3 is 0 Å². The van der Waals surface area contributed by atoms with Gasteiger partial charge in [0.05, 0.1) is 6.04 Å². The number of nitrogens with zero attached hydrogens (tertiary/aromatic N) is 1. The van der Waals surface area contributed by atoms with E-state index in [9.17, 15) is 4.39 Å². The molecular weight excluding hydrogens is 277 g/mol. The molecule has 2 rings (SSSR count). The van der Waals surface area contributed by atoms with Crippen LogP contribution >= 0.6 is 11.6 Å². The monoisotopic (exact) mass is 293 g/mol. The zero-order chi connectivity index (χ0) is 14.7. The van der Waals surface area contributed by atoms with Crippen molar-refractivity contribution in [2.24, 2.45) is 0 Å². The fraction of sp³-hybridized carbons (Fsp3) is 0.267. The molecule has 0 fully saturated rings. The number of halogens is 2. The molecule has 0 radical (unpaired) electrons. The second-order valence-corrected chi connectivity index (χ2v) is 5.02. The highest BCUT2D eigenvalue weighted by Crippen LogP contribution is 2.31. The number of nitrogens with two attached hydrogens (primary N) is 1. The fourth-order valence-electron chi connectivity index (χ4n) is 2.27. The smallest absolute Gasteiger partial charge is 0.128 e. The molecular formula is C15H17ClFN3. The molecule has 0 saturated carbocycles. The molecule has 20 heavy (non-hydrogen) atoms. The van der Waals surface area contributed by atoms with Crippen LogP contribution in [-0.4, -0.2) is 11.5 Å². The third-order valence-corrected chi connectivity index (χ3v) is 3.44. The number of aromatic nitrogens is 1. The Morgan fingerprint density at radius 3 is 2.80 bits per heavy atom. The number of nitrogens with one attached hydrogen (secondary N) is 1. The number of rotatable bonds is 4. The molecule has 0 aliphatic rings. The van der Waals surface area contributed by atoms with Crippen LogP contribution in [0.1, 0.15) is 29.7 Å². The van der Waals surface area contributed by atoms with Gasteiger partial charge in [0, 0.05) is 22.3 Å². The predicted molar refractivity (Wildman–Crippen MR) is 80.3 cm³/mol.